The lowest BCUT2D eigenvalue weighted by atomic mass is 10.3. The Morgan fingerprint density at radius 2 is 1.89 bits per heavy atom. The number of carbonyl (C=O) groups excluding carboxylic acids is 1. The molecule has 1 aromatic heterocycles. The van der Waals surface area contributed by atoms with Crippen molar-refractivity contribution in [3.8, 4) is 0 Å². The van der Waals surface area contributed by atoms with Crippen LogP contribution in [0.25, 0.3) is 0 Å². The van der Waals surface area contributed by atoms with Gasteiger partial charge in [0.25, 0.3) is 11.1 Å². The highest BCUT2D eigenvalue weighted by Gasteiger charge is 2.32. The van der Waals surface area contributed by atoms with E-state index in [1.165, 1.54) is 4.90 Å². The SMILES string of the molecule is O=C(Cn1[nH]c(=O)ccc1=O)N1C[C@@H](O)[C@@H](O)C1. The second-order valence-corrected chi connectivity index (χ2v) is 4.17. The highest BCUT2D eigenvalue weighted by Crippen LogP contribution is 2.10. The molecule has 2 heterocycles. The smallest absolute Gasteiger partial charge is 0.265 e. The fourth-order valence-corrected chi connectivity index (χ4v) is 1.79. The second-order valence-electron chi connectivity index (χ2n) is 4.17. The number of hydrogen-bond acceptors (Lipinski definition) is 5. The van der Waals surface area contributed by atoms with Crippen molar-refractivity contribution in [1.82, 2.24) is 14.7 Å². The molecule has 0 saturated carbocycles. The third kappa shape index (κ3) is 2.49. The molecule has 1 amide bonds. The fourth-order valence-electron chi connectivity index (χ4n) is 1.79. The van der Waals surface area contributed by atoms with E-state index < -0.39 is 29.2 Å². The number of aromatic amines is 1. The average molecular weight is 255 g/mol. The molecule has 0 bridgehead atoms. The van der Waals surface area contributed by atoms with Crippen LogP contribution in [0.1, 0.15) is 0 Å². The van der Waals surface area contributed by atoms with Crippen LogP contribution in [0.4, 0.5) is 0 Å². The Morgan fingerprint density at radius 1 is 1.28 bits per heavy atom. The first kappa shape index (κ1) is 12.5. The van der Waals surface area contributed by atoms with Crippen molar-refractivity contribution in [2.45, 2.75) is 18.8 Å². The van der Waals surface area contributed by atoms with E-state index in [9.17, 15) is 24.6 Å². The molecule has 98 valence electrons. The van der Waals surface area contributed by atoms with Gasteiger partial charge in [0.05, 0.1) is 12.2 Å². The molecule has 0 aromatic carbocycles. The quantitative estimate of drug-likeness (QED) is 0.524. The third-order valence-corrected chi connectivity index (χ3v) is 2.79. The van der Waals surface area contributed by atoms with Crippen LogP contribution in [-0.4, -0.2) is 56.1 Å². The monoisotopic (exact) mass is 255 g/mol. The summed E-state index contributed by atoms with van der Waals surface area (Å²) in [6.07, 6.45) is -1.94. The Labute approximate surface area is 101 Å². The number of aliphatic hydroxyl groups is 2. The number of amides is 1. The average Bonchev–Trinajstić information content (AvgIpc) is 2.64. The molecule has 0 unspecified atom stereocenters. The van der Waals surface area contributed by atoms with Gasteiger partial charge >= 0.3 is 0 Å². The van der Waals surface area contributed by atoms with Crippen LogP contribution in [0.15, 0.2) is 21.7 Å². The summed E-state index contributed by atoms with van der Waals surface area (Å²) >= 11 is 0. The lowest BCUT2D eigenvalue weighted by molar-refractivity contribution is -0.131. The molecule has 1 saturated heterocycles. The summed E-state index contributed by atoms with van der Waals surface area (Å²) in [7, 11) is 0. The van der Waals surface area contributed by atoms with E-state index in [4.69, 9.17) is 0 Å². The largest absolute Gasteiger partial charge is 0.388 e. The zero-order chi connectivity index (χ0) is 13.3. The topological polar surface area (TPSA) is 116 Å². The first-order valence-electron chi connectivity index (χ1n) is 5.41. The maximum absolute atomic E-state index is 11.8. The molecule has 8 heteroatoms. The fraction of sp³-hybridized carbons (Fsp3) is 0.500. The maximum Gasteiger partial charge on any atom is 0.265 e. The molecule has 1 aliphatic rings. The second kappa shape index (κ2) is 4.75. The van der Waals surface area contributed by atoms with Gasteiger partial charge in [-0.2, -0.15) is 0 Å². The summed E-state index contributed by atoms with van der Waals surface area (Å²) in [4.78, 5) is 35.4. The van der Waals surface area contributed by atoms with E-state index >= 15 is 0 Å². The van der Waals surface area contributed by atoms with Gasteiger partial charge in [0, 0.05) is 25.2 Å². The Balaban J connectivity index is 2.10. The highest BCUT2D eigenvalue weighted by atomic mass is 16.3. The summed E-state index contributed by atoms with van der Waals surface area (Å²) in [5.74, 6) is -0.449. The Kier molecular flexibility index (Phi) is 3.30. The van der Waals surface area contributed by atoms with Gasteiger partial charge in [0.1, 0.15) is 6.54 Å². The number of nitrogens with zero attached hydrogens (tertiary/aromatic N) is 2. The van der Waals surface area contributed by atoms with E-state index in [0.29, 0.717) is 0 Å². The lowest BCUT2D eigenvalue weighted by Gasteiger charge is -2.15. The third-order valence-electron chi connectivity index (χ3n) is 2.79. The molecule has 1 aromatic rings. The predicted molar refractivity (Wildman–Crippen MR) is 59.9 cm³/mol. The van der Waals surface area contributed by atoms with Crippen LogP contribution in [0.3, 0.4) is 0 Å². The van der Waals surface area contributed by atoms with Gasteiger partial charge in [-0.1, -0.05) is 0 Å². The molecule has 2 atom stereocenters. The Bertz CT molecular complexity index is 553. The number of carbonyl (C=O) groups is 1. The van der Waals surface area contributed by atoms with Gasteiger partial charge in [0.2, 0.25) is 5.91 Å². The molecule has 0 spiro atoms. The molecular weight excluding hydrogens is 242 g/mol. The van der Waals surface area contributed by atoms with Gasteiger partial charge in [0.15, 0.2) is 0 Å². The molecule has 1 fully saturated rings. The molecule has 8 nitrogen and oxygen atoms in total. The summed E-state index contributed by atoms with van der Waals surface area (Å²) in [6, 6.07) is 2.15. The van der Waals surface area contributed by atoms with Gasteiger partial charge in [-0.25, -0.2) is 4.68 Å². The molecular formula is C10H13N3O5. The predicted octanol–water partition coefficient (Wildman–Crippen LogP) is -2.90. The summed E-state index contributed by atoms with van der Waals surface area (Å²) in [6.45, 7) is -0.286. The van der Waals surface area contributed by atoms with Gasteiger partial charge in [-0.05, 0) is 0 Å². The van der Waals surface area contributed by atoms with Crippen LogP contribution < -0.4 is 11.1 Å². The van der Waals surface area contributed by atoms with Gasteiger partial charge in [-0.15, -0.1) is 0 Å². The molecule has 2 rings (SSSR count). The number of likely N-dealkylation sites (tertiary alicyclic amines) is 1. The van der Waals surface area contributed by atoms with Gasteiger partial charge < -0.3 is 15.1 Å². The van der Waals surface area contributed by atoms with Crippen molar-refractivity contribution in [2.24, 2.45) is 0 Å². The van der Waals surface area contributed by atoms with Crippen molar-refractivity contribution < 1.29 is 15.0 Å². The van der Waals surface area contributed by atoms with Crippen molar-refractivity contribution >= 4 is 5.91 Å². The number of β-amino-alcohol motifs (C(OH)–C–C–N with tert-alkyl or cyclic N) is 2. The number of aromatic nitrogens is 2. The minimum Gasteiger partial charge on any atom is -0.388 e. The van der Waals surface area contributed by atoms with Crippen molar-refractivity contribution in [1.29, 1.82) is 0 Å². The summed E-state index contributed by atoms with van der Waals surface area (Å²) < 4.78 is 0.891. The van der Waals surface area contributed by atoms with Crippen LogP contribution in [-0.2, 0) is 11.3 Å². The van der Waals surface area contributed by atoms with E-state index in [1.54, 1.807) is 0 Å². The zero-order valence-corrected chi connectivity index (χ0v) is 9.44. The number of aliphatic hydroxyl groups excluding tert-OH is 2. The normalized spacial score (nSPS) is 23.3. The zero-order valence-electron chi connectivity index (χ0n) is 9.44. The van der Waals surface area contributed by atoms with Crippen LogP contribution >= 0.6 is 0 Å². The van der Waals surface area contributed by atoms with Gasteiger partial charge in [-0.3, -0.25) is 19.5 Å². The standard InChI is InChI=1S/C10H13N3O5/c14-6-3-12(4-7(6)15)10(18)5-13-9(17)2-1-8(16)11-13/h1-2,6-7,14-15H,3-5H2,(H,11,16)/t6-,7+. The first-order valence-corrected chi connectivity index (χ1v) is 5.41. The molecule has 3 N–H and O–H groups in total. The number of H-pyrrole nitrogens is 1. The summed E-state index contributed by atoms with van der Waals surface area (Å²) in [5, 5.41) is 20.9. The number of hydrogen-bond donors (Lipinski definition) is 3. The molecule has 1 aliphatic heterocycles. The molecule has 0 radical (unpaired) electrons. The minimum atomic E-state index is -0.972. The maximum atomic E-state index is 11.8. The van der Waals surface area contributed by atoms with E-state index in [-0.39, 0.29) is 19.6 Å². The van der Waals surface area contributed by atoms with E-state index in [0.717, 1.165) is 16.8 Å². The number of rotatable bonds is 2. The van der Waals surface area contributed by atoms with Crippen LogP contribution in [0.2, 0.25) is 0 Å². The lowest BCUT2D eigenvalue weighted by Crippen LogP contribution is -2.38. The van der Waals surface area contributed by atoms with Crippen molar-refractivity contribution in [3.05, 3.63) is 32.8 Å². The van der Waals surface area contributed by atoms with E-state index in [1.807, 2.05) is 0 Å². The Morgan fingerprint density at radius 3 is 2.50 bits per heavy atom. The summed E-state index contributed by atoms with van der Waals surface area (Å²) in [5.41, 5.74) is -0.980. The highest BCUT2D eigenvalue weighted by molar-refractivity contribution is 5.76. The molecule has 18 heavy (non-hydrogen) atoms. The first-order chi connectivity index (χ1) is 8.47. The van der Waals surface area contributed by atoms with Crippen LogP contribution in [0, 0.1) is 0 Å². The van der Waals surface area contributed by atoms with Crippen LogP contribution in [0.5, 0.6) is 0 Å². The van der Waals surface area contributed by atoms with E-state index in [2.05, 4.69) is 5.10 Å². The number of nitrogens with one attached hydrogen (secondary N) is 1. The Hall–Kier alpha value is -1.93. The van der Waals surface area contributed by atoms with Crippen molar-refractivity contribution in [3.63, 3.8) is 0 Å². The molecule has 0 aliphatic carbocycles. The minimum absolute atomic E-state index is 0.0197. The van der Waals surface area contributed by atoms with Crippen molar-refractivity contribution in [2.75, 3.05) is 13.1 Å².